The Bertz CT molecular complexity index is 433. The van der Waals surface area contributed by atoms with E-state index in [2.05, 4.69) is 27.5 Å². The van der Waals surface area contributed by atoms with E-state index in [1.165, 1.54) is 0 Å². The largest absolute Gasteiger partial charge is 0.409 e. The molecule has 0 aliphatic carbocycles. The molecule has 1 aliphatic rings. The van der Waals surface area contributed by atoms with Gasteiger partial charge in [-0.1, -0.05) is 35.5 Å². The molecule has 1 saturated heterocycles. The average molecular weight is 292 g/mol. The van der Waals surface area contributed by atoms with Gasteiger partial charge in [0, 0.05) is 38.6 Å². The predicted octanol–water partition coefficient (Wildman–Crippen LogP) is 0.786. The highest BCUT2D eigenvalue weighted by Crippen LogP contribution is 2.16. The van der Waals surface area contributed by atoms with Crippen LogP contribution < -0.4 is 11.1 Å². The number of ether oxygens (including phenoxy) is 1. The number of nitrogens with one attached hydrogen (secondary N) is 1. The van der Waals surface area contributed by atoms with Crippen molar-refractivity contribution in [2.24, 2.45) is 10.9 Å². The first-order valence-electron chi connectivity index (χ1n) is 7.34. The van der Waals surface area contributed by atoms with Crippen molar-refractivity contribution >= 4 is 5.84 Å². The number of nitrogens with zero attached hydrogens (tertiary/aromatic N) is 2. The minimum atomic E-state index is 0.0585. The number of nitrogens with two attached hydrogens (primary N) is 1. The van der Waals surface area contributed by atoms with Crippen LogP contribution in [-0.2, 0) is 4.74 Å². The molecule has 0 bridgehead atoms. The van der Waals surface area contributed by atoms with Crippen molar-refractivity contribution in [2.45, 2.75) is 12.5 Å². The highest BCUT2D eigenvalue weighted by molar-refractivity contribution is 5.80. The Labute approximate surface area is 125 Å². The van der Waals surface area contributed by atoms with Gasteiger partial charge >= 0.3 is 0 Å². The van der Waals surface area contributed by atoms with E-state index >= 15 is 0 Å². The summed E-state index contributed by atoms with van der Waals surface area (Å²) in [5, 5.41) is 15.3. The Morgan fingerprint density at radius 1 is 1.33 bits per heavy atom. The van der Waals surface area contributed by atoms with Crippen molar-refractivity contribution in [3.63, 3.8) is 0 Å². The molecule has 4 N–H and O–H groups in total. The molecule has 1 heterocycles. The summed E-state index contributed by atoms with van der Waals surface area (Å²) in [6.45, 7) is 5.43. The number of oxime groups is 1. The summed E-state index contributed by atoms with van der Waals surface area (Å²) >= 11 is 0. The number of hydrogen-bond acceptors (Lipinski definition) is 5. The van der Waals surface area contributed by atoms with Gasteiger partial charge in [-0.25, -0.2) is 0 Å². The molecule has 0 aromatic heterocycles. The molecule has 0 radical (unpaired) electrons. The first-order chi connectivity index (χ1) is 10.3. The fraction of sp³-hybridized carbons (Fsp3) is 0.533. The molecular weight excluding hydrogens is 268 g/mol. The van der Waals surface area contributed by atoms with Crippen LogP contribution in [-0.4, -0.2) is 55.3 Å². The molecule has 1 atom stereocenters. The Hall–Kier alpha value is -1.63. The second kappa shape index (κ2) is 8.61. The van der Waals surface area contributed by atoms with Crippen molar-refractivity contribution in [1.82, 2.24) is 10.2 Å². The molecule has 2 rings (SSSR count). The molecule has 0 spiro atoms. The zero-order valence-corrected chi connectivity index (χ0v) is 12.2. The molecule has 1 unspecified atom stereocenters. The van der Waals surface area contributed by atoms with Gasteiger partial charge in [-0.15, -0.1) is 0 Å². The molecule has 0 amide bonds. The first kappa shape index (κ1) is 15.8. The SMILES string of the molecule is NC(CC(NCCN1CCOCC1)c1ccccc1)=NO. The standard InChI is InChI=1S/C15H24N4O2/c16-15(18-20)12-14(13-4-2-1-3-5-13)17-6-7-19-8-10-21-11-9-19/h1-5,14,17,20H,6-12H2,(H2,16,18). The van der Waals surface area contributed by atoms with Crippen LogP contribution in [0.25, 0.3) is 0 Å². The first-order valence-corrected chi connectivity index (χ1v) is 7.34. The van der Waals surface area contributed by atoms with Gasteiger partial charge in [-0.3, -0.25) is 4.90 Å². The summed E-state index contributed by atoms with van der Waals surface area (Å²) in [5.41, 5.74) is 6.80. The van der Waals surface area contributed by atoms with E-state index in [-0.39, 0.29) is 11.9 Å². The third-order valence-corrected chi connectivity index (χ3v) is 3.67. The second-order valence-corrected chi connectivity index (χ2v) is 5.17. The number of hydrogen-bond donors (Lipinski definition) is 3. The third kappa shape index (κ3) is 5.34. The van der Waals surface area contributed by atoms with Crippen LogP contribution in [0.1, 0.15) is 18.0 Å². The highest BCUT2D eigenvalue weighted by Gasteiger charge is 2.14. The number of benzene rings is 1. The summed E-state index contributed by atoms with van der Waals surface area (Å²) in [7, 11) is 0. The minimum absolute atomic E-state index is 0.0585. The topological polar surface area (TPSA) is 83.1 Å². The van der Waals surface area contributed by atoms with Gasteiger partial charge in [0.2, 0.25) is 0 Å². The molecule has 1 aromatic rings. The maximum Gasteiger partial charge on any atom is 0.141 e. The predicted molar refractivity (Wildman–Crippen MR) is 82.5 cm³/mol. The number of morpholine rings is 1. The summed E-state index contributed by atoms with van der Waals surface area (Å²) in [5.74, 6) is 0.239. The van der Waals surface area contributed by atoms with Crippen LogP contribution in [0.4, 0.5) is 0 Å². The van der Waals surface area contributed by atoms with Gasteiger partial charge in [0.1, 0.15) is 5.84 Å². The molecule has 0 saturated carbocycles. The molecule has 6 heteroatoms. The van der Waals surface area contributed by atoms with E-state index < -0.39 is 0 Å². The summed E-state index contributed by atoms with van der Waals surface area (Å²) in [4.78, 5) is 2.38. The zero-order valence-electron chi connectivity index (χ0n) is 12.2. The van der Waals surface area contributed by atoms with Crippen molar-refractivity contribution in [3.05, 3.63) is 35.9 Å². The summed E-state index contributed by atoms with van der Waals surface area (Å²) < 4.78 is 5.34. The van der Waals surface area contributed by atoms with Crippen LogP contribution in [0.15, 0.2) is 35.5 Å². The van der Waals surface area contributed by atoms with Crippen molar-refractivity contribution in [3.8, 4) is 0 Å². The highest BCUT2D eigenvalue weighted by atomic mass is 16.5. The molecular formula is C15H24N4O2. The zero-order chi connectivity index (χ0) is 14.9. The molecule has 21 heavy (non-hydrogen) atoms. The third-order valence-electron chi connectivity index (χ3n) is 3.67. The Morgan fingerprint density at radius 3 is 2.71 bits per heavy atom. The van der Waals surface area contributed by atoms with E-state index in [9.17, 15) is 0 Å². The van der Waals surface area contributed by atoms with Gasteiger partial charge in [0.05, 0.1) is 13.2 Å². The molecule has 1 fully saturated rings. The van der Waals surface area contributed by atoms with Crippen molar-refractivity contribution < 1.29 is 9.94 Å². The van der Waals surface area contributed by atoms with Crippen molar-refractivity contribution in [1.29, 1.82) is 0 Å². The van der Waals surface area contributed by atoms with Crippen LogP contribution in [0.3, 0.4) is 0 Å². The lowest BCUT2D eigenvalue weighted by molar-refractivity contribution is 0.0381. The van der Waals surface area contributed by atoms with Gasteiger partial charge < -0.3 is 21.0 Å². The smallest absolute Gasteiger partial charge is 0.141 e. The van der Waals surface area contributed by atoms with Gasteiger partial charge in [0.15, 0.2) is 0 Å². The lowest BCUT2D eigenvalue weighted by atomic mass is 10.0. The van der Waals surface area contributed by atoms with Gasteiger partial charge in [-0.2, -0.15) is 0 Å². The van der Waals surface area contributed by atoms with Crippen LogP contribution in [0.5, 0.6) is 0 Å². The Morgan fingerprint density at radius 2 is 2.05 bits per heavy atom. The maximum atomic E-state index is 8.77. The van der Waals surface area contributed by atoms with E-state index in [0.717, 1.165) is 45.0 Å². The second-order valence-electron chi connectivity index (χ2n) is 5.17. The van der Waals surface area contributed by atoms with Crippen LogP contribution in [0.2, 0.25) is 0 Å². The minimum Gasteiger partial charge on any atom is -0.409 e. The molecule has 6 nitrogen and oxygen atoms in total. The lowest BCUT2D eigenvalue weighted by Crippen LogP contribution is -2.41. The van der Waals surface area contributed by atoms with Crippen LogP contribution in [0, 0.1) is 0 Å². The summed E-state index contributed by atoms with van der Waals surface area (Å²) in [6.07, 6.45) is 0.490. The summed E-state index contributed by atoms with van der Waals surface area (Å²) in [6, 6.07) is 10.1. The monoisotopic (exact) mass is 292 g/mol. The molecule has 1 aromatic carbocycles. The van der Waals surface area contributed by atoms with Crippen molar-refractivity contribution in [2.75, 3.05) is 39.4 Å². The fourth-order valence-electron chi connectivity index (χ4n) is 2.46. The van der Waals surface area contributed by atoms with Gasteiger partial charge in [0.25, 0.3) is 0 Å². The quantitative estimate of drug-likeness (QED) is 0.299. The Balaban J connectivity index is 1.86. The number of rotatable bonds is 7. The Kier molecular flexibility index (Phi) is 6.46. The number of amidine groups is 1. The van der Waals surface area contributed by atoms with E-state index in [0.29, 0.717) is 6.42 Å². The average Bonchev–Trinajstić information content (AvgIpc) is 2.55. The molecule has 1 aliphatic heterocycles. The maximum absolute atomic E-state index is 8.77. The normalized spacial score (nSPS) is 18.6. The fourth-order valence-corrected chi connectivity index (χ4v) is 2.46. The van der Waals surface area contributed by atoms with Gasteiger partial charge in [-0.05, 0) is 5.56 Å². The van der Waals surface area contributed by atoms with Crippen LogP contribution >= 0.6 is 0 Å². The van der Waals surface area contributed by atoms with E-state index in [1.54, 1.807) is 0 Å². The lowest BCUT2D eigenvalue weighted by Gasteiger charge is -2.27. The molecule has 116 valence electrons. The van der Waals surface area contributed by atoms with E-state index in [1.807, 2.05) is 18.2 Å². The van der Waals surface area contributed by atoms with E-state index in [4.69, 9.17) is 15.7 Å².